The summed E-state index contributed by atoms with van der Waals surface area (Å²) in [5.41, 5.74) is 2.08. The lowest BCUT2D eigenvalue weighted by atomic mass is 10.1. The molecule has 2 heterocycles. The molecule has 2 N–H and O–H groups in total. The predicted molar refractivity (Wildman–Crippen MR) is 120 cm³/mol. The van der Waals surface area contributed by atoms with Gasteiger partial charge >= 0.3 is 0 Å². The van der Waals surface area contributed by atoms with E-state index in [9.17, 15) is 9.59 Å². The highest BCUT2D eigenvalue weighted by Crippen LogP contribution is 2.19. The molecule has 0 bridgehead atoms. The number of piperazine rings is 1. The smallest absolute Gasteiger partial charge is 0.234 e. The Morgan fingerprint density at radius 2 is 1.71 bits per heavy atom. The Hall–Kier alpha value is -3.32. The number of amides is 2. The minimum atomic E-state index is -0.0183. The molecule has 0 atom stereocenters. The third kappa shape index (κ3) is 5.64. The van der Waals surface area contributed by atoms with Gasteiger partial charge in [-0.25, -0.2) is 0 Å². The van der Waals surface area contributed by atoms with Gasteiger partial charge in [0.25, 0.3) is 0 Å². The number of ether oxygens (including phenoxy) is 1. The second kappa shape index (κ2) is 10.1. The van der Waals surface area contributed by atoms with E-state index >= 15 is 0 Å². The summed E-state index contributed by atoms with van der Waals surface area (Å²) in [5, 5.41) is 3.99. The van der Waals surface area contributed by atoms with Gasteiger partial charge in [0, 0.05) is 43.3 Å². The number of nitrogens with zero attached hydrogens (tertiary/aromatic N) is 2. The third-order valence-electron chi connectivity index (χ3n) is 5.54. The fourth-order valence-corrected chi connectivity index (χ4v) is 3.84. The number of H-pyrrole nitrogens is 1. The molecule has 1 aliphatic rings. The van der Waals surface area contributed by atoms with Crippen LogP contribution in [0.2, 0.25) is 0 Å². The van der Waals surface area contributed by atoms with Gasteiger partial charge in [-0.1, -0.05) is 36.4 Å². The molecule has 1 fully saturated rings. The van der Waals surface area contributed by atoms with Crippen LogP contribution >= 0.6 is 0 Å². The quantitative estimate of drug-likeness (QED) is 0.547. The van der Waals surface area contributed by atoms with Gasteiger partial charge in [0.05, 0.1) is 19.5 Å². The maximum Gasteiger partial charge on any atom is 0.234 e. The number of benzene rings is 2. The van der Waals surface area contributed by atoms with Crippen LogP contribution in [-0.2, 0) is 16.0 Å². The van der Waals surface area contributed by atoms with Crippen molar-refractivity contribution in [3.63, 3.8) is 0 Å². The summed E-state index contributed by atoms with van der Waals surface area (Å²) in [7, 11) is 0. The summed E-state index contributed by atoms with van der Waals surface area (Å²) in [6.07, 6.45) is 2.32. The number of carbonyl (C=O) groups is 2. The first kappa shape index (κ1) is 20.9. The molecule has 0 saturated carbocycles. The zero-order valence-corrected chi connectivity index (χ0v) is 17.5. The summed E-state index contributed by atoms with van der Waals surface area (Å²) < 4.78 is 5.58. The van der Waals surface area contributed by atoms with Gasteiger partial charge in [-0.2, -0.15) is 0 Å². The maximum absolute atomic E-state index is 12.7. The minimum Gasteiger partial charge on any atom is -0.492 e. The first-order valence-corrected chi connectivity index (χ1v) is 10.7. The Balaban J connectivity index is 1.15. The monoisotopic (exact) mass is 420 g/mol. The molecule has 0 unspecified atom stereocenters. The van der Waals surface area contributed by atoms with Crippen molar-refractivity contribution in [2.45, 2.75) is 6.42 Å². The molecule has 0 aliphatic carbocycles. The molecular weight excluding hydrogens is 392 g/mol. The summed E-state index contributed by atoms with van der Waals surface area (Å²) in [6.45, 7) is 3.94. The Morgan fingerprint density at radius 3 is 2.52 bits per heavy atom. The average molecular weight is 421 g/mol. The fourth-order valence-electron chi connectivity index (χ4n) is 3.84. The Kier molecular flexibility index (Phi) is 6.84. The van der Waals surface area contributed by atoms with E-state index in [-0.39, 0.29) is 11.8 Å². The van der Waals surface area contributed by atoms with Crippen LogP contribution in [0.1, 0.15) is 5.56 Å². The molecule has 1 saturated heterocycles. The second-order valence-electron chi connectivity index (χ2n) is 7.70. The molecule has 31 heavy (non-hydrogen) atoms. The number of aromatic nitrogens is 1. The van der Waals surface area contributed by atoms with Crippen molar-refractivity contribution < 1.29 is 14.3 Å². The summed E-state index contributed by atoms with van der Waals surface area (Å²) >= 11 is 0. The standard InChI is InChI=1S/C24H28N4O3/c29-23(25-10-15-31-20-6-2-1-3-7-20)18-27-11-13-28(14-12-27)24(30)16-19-17-26-22-9-5-4-8-21(19)22/h1-9,17,26H,10-16,18H2,(H,25,29). The van der Waals surface area contributed by atoms with E-state index < -0.39 is 0 Å². The van der Waals surface area contributed by atoms with E-state index in [4.69, 9.17) is 4.74 Å². The Bertz CT molecular complexity index is 1010. The minimum absolute atomic E-state index is 0.0183. The van der Waals surface area contributed by atoms with Gasteiger partial charge < -0.3 is 19.9 Å². The van der Waals surface area contributed by atoms with Crippen molar-refractivity contribution in [2.75, 3.05) is 45.9 Å². The fraction of sp³-hybridized carbons (Fsp3) is 0.333. The summed E-state index contributed by atoms with van der Waals surface area (Å²) in [5.74, 6) is 0.910. The zero-order valence-electron chi connectivity index (χ0n) is 17.5. The molecule has 2 amide bonds. The molecular formula is C24H28N4O3. The molecule has 0 spiro atoms. The first-order chi connectivity index (χ1) is 15.2. The number of aromatic amines is 1. The van der Waals surface area contributed by atoms with Crippen LogP contribution in [0.15, 0.2) is 60.8 Å². The Labute approximate surface area is 182 Å². The lowest BCUT2D eigenvalue weighted by Gasteiger charge is -2.34. The molecule has 7 heteroatoms. The number of hydrogen-bond acceptors (Lipinski definition) is 4. The summed E-state index contributed by atoms with van der Waals surface area (Å²) in [6, 6.07) is 17.6. The van der Waals surface area contributed by atoms with Crippen molar-refractivity contribution in [3.05, 3.63) is 66.4 Å². The first-order valence-electron chi connectivity index (χ1n) is 10.7. The lowest BCUT2D eigenvalue weighted by molar-refractivity contribution is -0.132. The highest BCUT2D eigenvalue weighted by Gasteiger charge is 2.23. The second-order valence-corrected chi connectivity index (χ2v) is 7.70. The van der Waals surface area contributed by atoms with Gasteiger partial charge in [-0.05, 0) is 23.8 Å². The van der Waals surface area contributed by atoms with Crippen molar-refractivity contribution in [1.82, 2.24) is 20.1 Å². The van der Waals surface area contributed by atoms with Crippen LogP contribution in [0.25, 0.3) is 10.9 Å². The highest BCUT2D eigenvalue weighted by molar-refractivity contribution is 5.89. The van der Waals surface area contributed by atoms with Crippen LogP contribution < -0.4 is 10.1 Å². The van der Waals surface area contributed by atoms with Gasteiger partial charge in [0.15, 0.2) is 0 Å². The van der Waals surface area contributed by atoms with Crippen LogP contribution in [0, 0.1) is 0 Å². The van der Waals surface area contributed by atoms with Crippen LogP contribution in [0.5, 0.6) is 5.75 Å². The number of para-hydroxylation sites is 2. The lowest BCUT2D eigenvalue weighted by Crippen LogP contribution is -2.51. The number of rotatable bonds is 8. The van der Waals surface area contributed by atoms with Gasteiger partial charge in [-0.3, -0.25) is 14.5 Å². The molecule has 2 aromatic carbocycles. The van der Waals surface area contributed by atoms with E-state index in [0.717, 1.165) is 22.2 Å². The molecule has 1 aliphatic heterocycles. The number of nitrogens with one attached hydrogen (secondary N) is 2. The van der Waals surface area contributed by atoms with Gasteiger partial charge in [0.2, 0.25) is 11.8 Å². The summed E-state index contributed by atoms with van der Waals surface area (Å²) in [4.78, 5) is 32.1. The highest BCUT2D eigenvalue weighted by atomic mass is 16.5. The Morgan fingerprint density at radius 1 is 0.968 bits per heavy atom. The number of carbonyl (C=O) groups excluding carboxylic acids is 2. The topological polar surface area (TPSA) is 77.7 Å². The number of hydrogen-bond donors (Lipinski definition) is 2. The van der Waals surface area contributed by atoms with Crippen LogP contribution in [-0.4, -0.2) is 72.5 Å². The molecule has 0 radical (unpaired) electrons. The predicted octanol–water partition coefficient (Wildman–Crippen LogP) is 2.05. The molecule has 7 nitrogen and oxygen atoms in total. The van der Waals surface area contributed by atoms with Gasteiger partial charge in [0.1, 0.15) is 12.4 Å². The van der Waals surface area contributed by atoms with E-state index in [1.54, 1.807) is 0 Å². The largest absolute Gasteiger partial charge is 0.492 e. The van der Waals surface area contributed by atoms with Crippen molar-refractivity contribution in [1.29, 1.82) is 0 Å². The van der Waals surface area contributed by atoms with Crippen molar-refractivity contribution >= 4 is 22.7 Å². The average Bonchev–Trinajstić information content (AvgIpc) is 3.21. The normalized spacial score (nSPS) is 14.5. The zero-order chi connectivity index (χ0) is 21.5. The molecule has 162 valence electrons. The molecule has 4 rings (SSSR count). The van der Waals surface area contributed by atoms with E-state index in [1.165, 1.54) is 0 Å². The molecule has 3 aromatic rings. The SMILES string of the molecule is O=C(CN1CCN(C(=O)Cc2c[nH]c3ccccc23)CC1)NCCOc1ccccc1. The van der Waals surface area contributed by atoms with E-state index in [1.807, 2.05) is 65.7 Å². The van der Waals surface area contributed by atoms with Crippen molar-refractivity contribution in [3.8, 4) is 5.75 Å². The van der Waals surface area contributed by atoms with Crippen LogP contribution in [0.3, 0.4) is 0 Å². The van der Waals surface area contributed by atoms with Crippen molar-refractivity contribution in [2.24, 2.45) is 0 Å². The van der Waals surface area contributed by atoms with E-state index in [2.05, 4.69) is 15.2 Å². The number of fused-ring (bicyclic) bond motifs is 1. The van der Waals surface area contributed by atoms with Crippen LogP contribution in [0.4, 0.5) is 0 Å². The third-order valence-corrected chi connectivity index (χ3v) is 5.54. The maximum atomic E-state index is 12.7. The van der Waals surface area contributed by atoms with Gasteiger partial charge in [-0.15, -0.1) is 0 Å². The van der Waals surface area contributed by atoms with E-state index in [0.29, 0.717) is 52.3 Å². The molecule has 1 aromatic heterocycles.